The SMILES string of the molecule is CO[C@@H]1CCOC[C@H]1n1ccnc1-c1cccc(F)c1. The Morgan fingerprint density at radius 1 is 1.45 bits per heavy atom. The van der Waals surface area contributed by atoms with E-state index >= 15 is 0 Å². The third kappa shape index (κ3) is 2.46. The van der Waals surface area contributed by atoms with Gasteiger partial charge in [-0.3, -0.25) is 0 Å². The van der Waals surface area contributed by atoms with Crippen molar-refractivity contribution < 1.29 is 13.9 Å². The molecule has 1 aromatic carbocycles. The lowest BCUT2D eigenvalue weighted by Crippen LogP contribution is -2.35. The molecule has 2 atom stereocenters. The summed E-state index contributed by atoms with van der Waals surface area (Å²) in [5.74, 6) is 0.474. The molecule has 2 aromatic rings. The number of halogens is 1. The fourth-order valence-electron chi connectivity index (χ4n) is 2.67. The number of nitrogens with zero attached hydrogens (tertiary/aromatic N) is 2. The average molecular weight is 276 g/mol. The lowest BCUT2D eigenvalue weighted by molar-refractivity contribution is -0.0492. The van der Waals surface area contributed by atoms with E-state index in [1.165, 1.54) is 12.1 Å². The molecule has 0 amide bonds. The highest BCUT2D eigenvalue weighted by atomic mass is 19.1. The van der Waals surface area contributed by atoms with E-state index in [-0.39, 0.29) is 18.0 Å². The maximum atomic E-state index is 13.4. The maximum absolute atomic E-state index is 13.4. The van der Waals surface area contributed by atoms with E-state index in [4.69, 9.17) is 9.47 Å². The molecule has 20 heavy (non-hydrogen) atoms. The lowest BCUT2D eigenvalue weighted by Gasteiger charge is -2.32. The molecule has 106 valence electrons. The smallest absolute Gasteiger partial charge is 0.140 e. The van der Waals surface area contributed by atoms with Gasteiger partial charge in [0.1, 0.15) is 11.6 Å². The molecular formula is C15H17FN2O2. The van der Waals surface area contributed by atoms with E-state index in [0.717, 1.165) is 17.8 Å². The summed E-state index contributed by atoms with van der Waals surface area (Å²) >= 11 is 0. The molecule has 0 saturated carbocycles. The maximum Gasteiger partial charge on any atom is 0.140 e. The third-order valence-electron chi connectivity index (χ3n) is 3.68. The Morgan fingerprint density at radius 2 is 2.35 bits per heavy atom. The van der Waals surface area contributed by atoms with Crippen molar-refractivity contribution >= 4 is 0 Å². The summed E-state index contributed by atoms with van der Waals surface area (Å²) in [6, 6.07) is 6.53. The van der Waals surface area contributed by atoms with Crippen LogP contribution in [0.1, 0.15) is 12.5 Å². The summed E-state index contributed by atoms with van der Waals surface area (Å²) in [5, 5.41) is 0. The van der Waals surface area contributed by atoms with Crippen molar-refractivity contribution in [3.63, 3.8) is 0 Å². The lowest BCUT2D eigenvalue weighted by atomic mass is 10.1. The van der Waals surface area contributed by atoms with Crippen LogP contribution in [-0.2, 0) is 9.47 Å². The number of hydrogen-bond acceptors (Lipinski definition) is 3. The summed E-state index contributed by atoms with van der Waals surface area (Å²) in [6.07, 6.45) is 4.56. The van der Waals surface area contributed by atoms with Crippen molar-refractivity contribution in [3.05, 3.63) is 42.5 Å². The Hall–Kier alpha value is -1.72. The number of rotatable bonds is 3. The molecule has 0 aliphatic carbocycles. The van der Waals surface area contributed by atoms with Crippen LogP contribution < -0.4 is 0 Å². The number of ether oxygens (including phenoxy) is 2. The predicted molar refractivity (Wildman–Crippen MR) is 72.9 cm³/mol. The van der Waals surface area contributed by atoms with Crippen LogP contribution in [0.2, 0.25) is 0 Å². The quantitative estimate of drug-likeness (QED) is 0.864. The minimum absolute atomic E-state index is 0.0644. The summed E-state index contributed by atoms with van der Waals surface area (Å²) in [7, 11) is 1.71. The van der Waals surface area contributed by atoms with Crippen LogP contribution >= 0.6 is 0 Å². The fourth-order valence-corrected chi connectivity index (χ4v) is 2.67. The summed E-state index contributed by atoms with van der Waals surface area (Å²) < 4.78 is 26.5. The van der Waals surface area contributed by atoms with Crippen LogP contribution in [0.25, 0.3) is 11.4 Å². The fraction of sp³-hybridized carbons (Fsp3) is 0.400. The zero-order valence-electron chi connectivity index (χ0n) is 11.3. The van der Waals surface area contributed by atoms with Gasteiger partial charge in [-0.2, -0.15) is 0 Å². The van der Waals surface area contributed by atoms with Crippen LogP contribution in [0.5, 0.6) is 0 Å². The molecule has 1 aromatic heterocycles. The van der Waals surface area contributed by atoms with Gasteiger partial charge in [0.15, 0.2) is 0 Å². The molecule has 1 fully saturated rings. The van der Waals surface area contributed by atoms with Gasteiger partial charge in [-0.05, 0) is 18.6 Å². The molecule has 2 heterocycles. The Labute approximate surface area is 117 Å². The normalized spacial score (nSPS) is 22.9. The van der Waals surface area contributed by atoms with Crippen LogP contribution in [0.3, 0.4) is 0 Å². The molecule has 0 N–H and O–H groups in total. The first kappa shape index (κ1) is 13.3. The van der Waals surface area contributed by atoms with Crippen molar-refractivity contribution in [1.29, 1.82) is 0 Å². The zero-order chi connectivity index (χ0) is 13.9. The number of aromatic nitrogens is 2. The summed E-state index contributed by atoms with van der Waals surface area (Å²) in [6.45, 7) is 1.29. The van der Waals surface area contributed by atoms with Gasteiger partial charge in [-0.25, -0.2) is 9.37 Å². The first-order valence-corrected chi connectivity index (χ1v) is 6.69. The van der Waals surface area contributed by atoms with Gasteiger partial charge < -0.3 is 14.0 Å². The average Bonchev–Trinajstić information content (AvgIpc) is 2.96. The molecule has 0 spiro atoms. The Kier molecular flexibility index (Phi) is 3.80. The number of hydrogen-bond donors (Lipinski definition) is 0. The van der Waals surface area contributed by atoms with Gasteiger partial charge in [0.05, 0.1) is 18.8 Å². The van der Waals surface area contributed by atoms with Gasteiger partial charge in [-0.15, -0.1) is 0 Å². The van der Waals surface area contributed by atoms with Crippen molar-refractivity contribution in [1.82, 2.24) is 9.55 Å². The highest BCUT2D eigenvalue weighted by molar-refractivity contribution is 5.55. The first-order valence-electron chi connectivity index (χ1n) is 6.69. The Bertz CT molecular complexity index is 585. The van der Waals surface area contributed by atoms with Crippen molar-refractivity contribution in [2.45, 2.75) is 18.6 Å². The third-order valence-corrected chi connectivity index (χ3v) is 3.68. The minimum atomic E-state index is -0.264. The molecular weight excluding hydrogens is 259 g/mol. The zero-order valence-corrected chi connectivity index (χ0v) is 11.3. The molecule has 0 unspecified atom stereocenters. The van der Waals surface area contributed by atoms with E-state index in [0.29, 0.717) is 13.2 Å². The number of imidazole rings is 1. The van der Waals surface area contributed by atoms with Crippen molar-refractivity contribution in [3.8, 4) is 11.4 Å². The summed E-state index contributed by atoms with van der Waals surface area (Å²) in [4.78, 5) is 4.36. The molecule has 1 aliphatic rings. The monoisotopic (exact) mass is 276 g/mol. The number of benzene rings is 1. The van der Waals surface area contributed by atoms with Gasteiger partial charge in [0, 0.05) is 31.7 Å². The van der Waals surface area contributed by atoms with Crippen LogP contribution in [-0.4, -0.2) is 36.0 Å². The van der Waals surface area contributed by atoms with E-state index in [1.54, 1.807) is 19.4 Å². The van der Waals surface area contributed by atoms with Gasteiger partial charge in [-0.1, -0.05) is 12.1 Å². The van der Waals surface area contributed by atoms with Gasteiger partial charge in [0.2, 0.25) is 0 Å². The summed E-state index contributed by atoms with van der Waals surface area (Å²) in [5.41, 5.74) is 0.760. The second-order valence-electron chi connectivity index (χ2n) is 4.87. The van der Waals surface area contributed by atoms with Crippen LogP contribution in [0, 0.1) is 5.82 Å². The first-order chi connectivity index (χ1) is 9.79. The molecule has 1 aliphatic heterocycles. The highest BCUT2D eigenvalue weighted by Crippen LogP contribution is 2.28. The van der Waals surface area contributed by atoms with Crippen LogP contribution in [0.15, 0.2) is 36.7 Å². The highest BCUT2D eigenvalue weighted by Gasteiger charge is 2.28. The number of methoxy groups -OCH3 is 1. The molecule has 5 heteroatoms. The second kappa shape index (κ2) is 5.73. The Morgan fingerprint density at radius 3 is 3.15 bits per heavy atom. The largest absolute Gasteiger partial charge is 0.379 e. The predicted octanol–water partition coefficient (Wildman–Crippen LogP) is 2.67. The van der Waals surface area contributed by atoms with Crippen LogP contribution in [0.4, 0.5) is 4.39 Å². The second-order valence-corrected chi connectivity index (χ2v) is 4.87. The van der Waals surface area contributed by atoms with E-state index < -0.39 is 0 Å². The Balaban J connectivity index is 1.97. The minimum Gasteiger partial charge on any atom is -0.379 e. The molecule has 4 nitrogen and oxygen atoms in total. The van der Waals surface area contributed by atoms with Crippen molar-refractivity contribution in [2.24, 2.45) is 0 Å². The van der Waals surface area contributed by atoms with Crippen molar-refractivity contribution in [2.75, 3.05) is 20.3 Å². The van der Waals surface area contributed by atoms with Gasteiger partial charge >= 0.3 is 0 Å². The van der Waals surface area contributed by atoms with E-state index in [2.05, 4.69) is 4.98 Å². The van der Waals surface area contributed by atoms with Gasteiger partial charge in [0.25, 0.3) is 0 Å². The molecule has 1 saturated heterocycles. The van der Waals surface area contributed by atoms with E-state index in [9.17, 15) is 4.39 Å². The molecule has 0 bridgehead atoms. The molecule has 3 rings (SSSR count). The standard InChI is InChI=1S/C15H17FN2O2/c1-19-14-5-8-20-10-13(14)18-7-6-17-15(18)11-3-2-4-12(16)9-11/h2-4,6-7,9,13-14H,5,8,10H2,1H3/t13-,14-/m1/s1. The topological polar surface area (TPSA) is 36.3 Å². The van der Waals surface area contributed by atoms with E-state index in [1.807, 2.05) is 16.8 Å². The molecule has 0 radical (unpaired) electrons.